The molecule has 8 heteroatoms. The minimum Gasteiger partial charge on any atom is -0.464 e. The van der Waals surface area contributed by atoms with Gasteiger partial charge in [0.1, 0.15) is 11.9 Å². The van der Waals surface area contributed by atoms with Gasteiger partial charge in [-0.3, -0.25) is 0 Å². The second-order valence-electron chi connectivity index (χ2n) is 7.03. The third-order valence-corrected chi connectivity index (χ3v) is 4.99. The van der Waals surface area contributed by atoms with Crippen LogP contribution >= 0.6 is 0 Å². The molecule has 32 heavy (non-hydrogen) atoms. The van der Waals surface area contributed by atoms with Crippen LogP contribution in [0.1, 0.15) is 21.6 Å². The van der Waals surface area contributed by atoms with Gasteiger partial charge in [-0.05, 0) is 36.8 Å². The molecule has 2 aromatic carbocycles. The number of rotatable bonds is 5. The summed E-state index contributed by atoms with van der Waals surface area (Å²) in [5, 5.41) is 12.6. The summed E-state index contributed by atoms with van der Waals surface area (Å²) in [5.41, 5.74) is 9.78. The molecule has 0 saturated carbocycles. The number of carbonyl (C=O) groups excluding carboxylic acids is 1. The summed E-state index contributed by atoms with van der Waals surface area (Å²) < 4.78 is 6.39. The van der Waals surface area contributed by atoms with Crippen molar-refractivity contribution in [2.45, 2.75) is 6.92 Å². The second kappa shape index (κ2) is 8.62. The Labute approximate surface area is 184 Å². The Morgan fingerprint density at radius 1 is 1.19 bits per heavy atom. The number of nitrogens with zero attached hydrogens (tertiary/aromatic N) is 4. The van der Waals surface area contributed by atoms with Gasteiger partial charge in [-0.1, -0.05) is 30.3 Å². The molecule has 0 radical (unpaired) electrons. The van der Waals surface area contributed by atoms with E-state index in [1.165, 1.54) is 13.3 Å². The maximum absolute atomic E-state index is 12.3. The summed E-state index contributed by atoms with van der Waals surface area (Å²) in [6, 6.07) is 19.0. The van der Waals surface area contributed by atoms with Crippen molar-refractivity contribution < 1.29 is 9.53 Å². The number of ether oxygens (including phenoxy) is 1. The lowest BCUT2D eigenvalue weighted by atomic mass is 10.1. The van der Waals surface area contributed by atoms with Crippen molar-refractivity contribution >= 4 is 23.2 Å². The molecule has 0 amide bonds. The number of aromatic nitrogens is 3. The Balaban J connectivity index is 1.73. The number of benzene rings is 2. The van der Waals surface area contributed by atoms with Gasteiger partial charge in [0, 0.05) is 29.3 Å². The van der Waals surface area contributed by atoms with Crippen LogP contribution in [0.25, 0.3) is 17.1 Å². The molecule has 0 atom stereocenters. The highest BCUT2D eigenvalue weighted by Gasteiger charge is 2.22. The van der Waals surface area contributed by atoms with Gasteiger partial charge in [-0.25, -0.2) is 14.8 Å². The minimum absolute atomic E-state index is 0.0745. The van der Waals surface area contributed by atoms with Crippen LogP contribution in [0.4, 0.5) is 17.2 Å². The topological polar surface area (TPSA) is 119 Å². The van der Waals surface area contributed by atoms with Crippen LogP contribution in [0, 0.1) is 18.3 Å². The molecule has 0 unspecified atom stereocenters. The van der Waals surface area contributed by atoms with Crippen LogP contribution in [-0.2, 0) is 4.74 Å². The monoisotopic (exact) mass is 424 g/mol. The summed E-state index contributed by atoms with van der Waals surface area (Å²) in [4.78, 5) is 21.3. The molecule has 0 fully saturated rings. The van der Waals surface area contributed by atoms with Crippen molar-refractivity contribution in [3.8, 4) is 23.1 Å². The van der Waals surface area contributed by atoms with Crippen molar-refractivity contribution in [1.29, 1.82) is 5.26 Å². The predicted octanol–water partition coefficient (Wildman–Crippen LogP) is 4.23. The predicted molar refractivity (Wildman–Crippen MR) is 122 cm³/mol. The maximum Gasteiger partial charge on any atom is 0.357 e. The number of nitrogens with one attached hydrogen (secondary N) is 1. The molecule has 2 aromatic heterocycles. The van der Waals surface area contributed by atoms with Gasteiger partial charge < -0.3 is 20.4 Å². The van der Waals surface area contributed by atoms with Crippen LogP contribution in [0.5, 0.6) is 0 Å². The standard InChI is InChI=1S/C24H20N6O2/c1-15-6-3-4-9-19(15)28-20-10-11-27-23(29-20)16-7-5-8-18(12-16)30-14-17(13-25)21(26)22(30)24(31)32-2/h3-12,14H,26H2,1-2H3,(H,27,28,29). The third kappa shape index (κ3) is 3.87. The summed E-state index contributed by atoms with van der Waals surface area (Å²) in [5.74, 6) is 0.530. The van der Waals surface area contributed by atoms with E-state index in [1.807, 2.05) is 55.5 Å². The Bertz CT molecular complexity index is 1350. The highest BCUT2D eigenvalue weighted by atomic mass is 16.5. The highest BCUT2D eigenvalue weighted by Crippen LogP contribution is 2.27. The van der Waals surface area contributed by atoms with E-state index in [2.05, 4.69) is 15.3 Å². The Morgan fingerprint density at radius 2 is 2.00 bits per heavy atom. The fourth-order valence-electron chi connectivity index (χ4n) is 3.33. The van der Waals surface area contributed by atoms with Crippen LogP contribution in [0.2, 0.25) is 0 Å². The number of methoxy groups -OCH3 is 1. The number of para-hydroxylation sites is 1. The third-order valence-electron chi connectivity index (χ3n) is 4.99. The molecule has 0 aliphatic rings. The number of hydrogen-bond acceptors (Lipinski definition) is 7. The molecule has 8 nitrogen and oxygen atoms in total. The number of esters is 1. The van der Waals surface area contributed by atoms with E-state index in [4.69, 9.17) is 10.5 Å². The molecule has 4 rings (SSSR count). The Morgan fingerprint density at radius 3 is 2.75 bits per heavy atom. The normalized spacial score (nSPS) is 10.4. The first kappa shape index (κ1) is 20.6. The minimum atomic E-state index is -0.630. The molecule has 3 N–H and O–H groups in total. The zero-order chi connectivity index (χ0) is 22.7. The van der Waals surface area contributed by atoms with Gasteiger partial charge in [0.2, 0.25) is 0 Å². The SMILES string of the molecule is COC(=O)c1c(N)c(C#N)cn1-c1cccc(-c2nccc(Nc3ccccc3C)n2)c1. The van der Waals surface area contributed by atoms with E-state index in [9.17, 15) is 10.1 Å². The molecule has 158 valence electrons. The highest BCUT2D eigenvalue weighted by molar-refractivity contribution is 5.96. The first-order chi connectivity index (χ1) is 15.5. The van der Waals surface area contributed by atoms with Crippen LogP contribution in [0.3, 0.4) is 0 Å². The molecular weight excluding hydrogens is 404 g/mol. The molecule has 0 aliphatic heterocycles. The van der Waals surface area contributed by atoms with Crippen LogP contribution in [-0.4, -0.2) is 27.6 Å². The average molecular weight is 424 g/mol. The van der Waals surface area contributed by atoms with Crippen molar-refractivity contribution in [3.05, 3.63) is 83.8 Å². The summed E-state index contributed by atoms with van der Waals surface area (Å²) in [7, 11) is 1.27. The summed E-state index contributed by atoms with van der Waals surface area (Å²) in [6.45, 7) is 2.02. The van der Waals surface area contributed by atoms with Crippen LogP contribution in [0.15, 0.2) is 67.0 Å². The van der Waals surface area contributed by atoms with E-state index in [-0.39, 0.29) is 16.9 Å². The molecule has 2 heterocycles. The zero-order valence-electron chi connectivity index (χ0n) is 17.5. The van der Waals surface area contributed by atoms with Crippen molar-refractivity contribution in [1.82, 2.24) is 14.5 Å². The number of nitriles is 1. The molecular formula is C24H20N6O2. The fraction of sp³-hybridized carbons (Fsp3) is 0.0833. The lowest BCUT2D eigenvalue weighted by Crippen LogP contribution is -2.11. The average Bonchev–Trinajstić information content (AvgIpc) is 3.16. The van der Waals surface area contributed by atoms with Crippen molar-refractivity contribution in [3.63, 3.8) is 0 Å². The number of aryl methyl sites for hydroxylation is 1. The van der Waals surface area contributed by atoms with Crippen LogP contribution < -0.4 is 11.1 Å². The maximum atomic E-state index is 12.3. The van der Waals surface area contributed by atoms with E-state index in [0.29, 0.717) is 17.3 Å². The second-order valence-corrected chi connectivity index (χ2v) is 7.03. The fourth-order valence-corrected chi connectivity index (χ4v) is 3.33. The van der Waals surface area contributed by atoms with Gasteiger partial charge in [-0.2, -0.15) is 5.26 Å². The number of anilines is 3. The van der Waals surface area contributed by atoms with E-state index >= 15 is 0 Å². The van der Waals surface area contributed by atoms with E-state index in [0.717, 1.165) is 16.8 Å². The van der Waals surface area contributed by atoms with Gasteiger partial charge in [0.15, 0.2) is 11.5 Å². The van der Waals surface area contributed by atoms with Crippen molar-refractivity contribution in [2.75, 3.05) is 18.2 Å². The molecule has 0 bridgehead atoms. The molecule has 0 saturated heterocycles. The molecule has 4 aromatic rings. The summed E-state index contributed by atoms with van der Waals surface area (Å²) in [6.07, 6.45) is 3.19. The Kier molecular flexibility index (Phi) is 5.55. The largest absolute Gasteiger partial charge is 0.464 e. The first-order valence-electron chi connectivity index (χ1n) is 9.77. The quantitative estimate of drug-likeness (QED) is 0.460. The van der Waals surface area contributed by atoms with E-state index < -0.39 is 5.97 Å². The van der Waals surface area contributed by atoms with Gasteiger partial charge in [-0.15, -0.1) is 0 Å². The van der Waals surface area contributed by atoms with Gasteiger partial charge in [0.25, 0.3) is 0 Å². The van der Waals surface area contributed by atoms with Gasteiger partial charge >= 0.3 is 5.97 Å². The Hall–Kier alpha value is -4.64. The number of nitrogen functional groups attached to an aromatic ring is 1. The van der Waals surface area contributed by atoms with Gasteiger partial charge in [0.05, 0.1) is 18.4 Å². The lowest BCUT2D eigenvalue weighted by Gasteiger charge is -2.11. The van der Waals surface area contributed by atoms with E-state index in [1.54, 1.807) is 22.9 Å². The van der Waals surface area contributed by atoms with Crippen molar-refractivity contribution in [2.24, 2.45) is 0 Å². The lowest BCUT2D eigenvalue weighted by molar-refractivity contribution is 0.0593. The number of hydrogen-bond donors (Lipinski definition) is 2. The summed E-state index contributed by atoms with van der Waals surface area (Å²) >= 11 is 0. The smallest absolute Gasteiger partial charge is 0.357 e. The molecule has 0 aliphatic carbocycles. The molecule has 0 spiro atoms. The zero-order valence-corrected chi connectivity index (χ0v) is 17.5. The number of carbonyl (C=O) groups is 1. The first-order valence-corrected chi connectivity index (χ1v) is 9.77. The number of nitrogens with two attached hydrogens (primary N) is 1.